The van der Waals surface area contributed by atoms with Gasteiger partial charge in [-0.15, -0.1) is 11.6 Å². The van der Waals surface area contributed by atoms with E-state index < -0.39 is 0 Å². The van der Waals surface area contributed by atoms with E-state index in [-0.39, 0.29) is 0 Å². The molecule has 0 amide bonds. The van der Waals surface area contributed by atoms with E-state index in [0.717, 1.165) is 18.8 Å². The van der Waals surface area contributed by atoms with Crippen molar-refractivity contribution >= 4 is 17.4 Å². The lowest BCUT2D eigenvalue weighted by Gasteiger charge is -2.14. The molecule has 0 aliphatic heterocycles. The highest BCUT2D eigenvalue weighted by Crippen LogP contribution is 2.30. The molecule has 82 valence electrons. The maximum absolute atomic E-state index is 6.22. The lowest BCUT2D eigenvalue weighted by Crippen LogP contribution is -2.18. The molecule has 3 heteroatoms. The Balaban J connectivity index is 1.87. The van der Waals surface area contributed by atoms with Gasteiger partial charge in [0.25, 0.3) is 0 Å². The van der Waals surface area contributed by atoms with E-state index in [4.69, 9.17) is 11.6 Å². The molecule has 1 saturated carbocycles. The molecule has 2 unspecified atom stereocenters. The van der Waals surface area contributed by atoms with Crippen LogP contribution in [0.15, 0.2) is 18.3 Å². The zero-order valence-electron chi connectivity index (χ0n) is 9.04. The van der Waals surface area contributed by atoms with Crippen LogP contribution in [0.1, 0.15) is 24.8 Å². The number of anilines is 1. The number of alkyl halides is 1. The molecule has 1 fully saturated rings. The average molecular weight is 225 g/mol. The molecule has 0 bridgehead atoms. The SMILES string of the molecule is Cc1ccnc(NCC2CCCC2Cl)c1. The third-order valence-corrected chi connectivity index (χ3v) is 3.60. The van der Waals surface area contributed by atoms with Crippen molar-refractivity contribution in [2.45, 2.75) is 31.6 Å². The monoisotopic (exact) mass is 224 g/mol. The lowest BCUT2D eigenvalue weighted by molar-refractivity contribution is 0.585. The van der Waals surface area contributed by atoms with Gasteiger partial charge in [-0.1, -0.05) is 6.42 Å². The van der Waals surface area contributed by atoms with Crippen molar-refractivity contribution in [2.75, 3.05) is 11.9 Å². The summed E-state index contributed by atoms with van der Waals surface area (Å²) in [6, 6.07) is 4.07. The fourth-order valence-corrected chi connectivity index (χ4v) is 2.46. The van der Waals surface area contributed by atoms with Crippen LogP contribution in [0.4, 0.5) is 5.82 Å². The van der Waals surface area contributed by atoms with Crippen molar-refractivity contribution in [1.82, 2.24) is 4.98 Å². The summed E-state index contributed by atoms with van der Waals surface area (Å²) in [7, 11) is 0. The molecule has 0 spiro atoms. The first-order valence-electron chi connectivity index (χ1n) is 5.56. The van der Waals surface area contributed by atoms with E-state index in [1.54, 1.807) is 0 Å². The highest BCUT2D eigenvalue weighted by atomic mass is 35.5. The fourth-order valence-electron chi connectivity index (χ4n) is 2.09. The van der Waals surface area contributed by atoms with Gasteiger partial charge in [0.2, 0.25) is 0 Å². The van der Waals surface area contributed by atoms with Crippen LogP contribution >= 0.6 is 11.6 Å². The number of halogens is 1. The highest BCUT2D eigenvalue weighted by molar-refractivity contribution is 6.20. The smallest absolute Gasteiger partial charge is 0.126 e. The van der Waals surface area contributed by atoms with Crippen molar-refractivity contribution in [2.24, 2.45) is 5.92 Å². The van der Waals surface area contributed by atoms with Gasteiger partial charge in [0.05, 0.1) is 0 Å². The number of pyridine rings is 1. The van der Waals surface area contributed by atoms with Crippen molar-refractivity contribution < 1.29 is 0 Å². The lowest BCUT2D eigenvalue weighted by atomic mass is 10.1. The fraction of sp³-hybridized carbons (Fsp3) is 0.583. The first kappa shape index (κ1) is 10.7. The Morgan fingerprint density at radius 2 is 2.40 bits per heavy atom. The second kappa shape index (κ2) is 4.84. The van der Waals surface area contributed by atoms with E-state index in [2.05, 4.69) is 23.3 Å². The normalized spacial score (nSPS) is 25.5. The number of rotatable bonds is 3. The summed E-state index contributed by atoms with van der Waals surface area (Å²) in [6.07, 6.45) is 5.51. The van der Waals surface area contributed by atoms with Crippen LogP contribution in [0.2, 0.25) is 0 Å². The third-order valence-electron chi connectivity index (χ3n) is 3.03. The van der Waals surface area contributed by atoms with Gasteiger partial charge < -0.3 is 5.32 Å². The van der Waals surface area contributed by atoms with Crippen LogP contribution in [-0.4, -0.2) is 16.9 Å². The first-order chi connectivity index (χ1) is 7.25. The van der Waals surface area contributed by atoms with Crippen LogP contribution < -0.4 is 5.32 Å². The predicted octanol–water partition coefficient (Wildman–Crippen LogP) is 3.21. The van der Waals surface area contributed by atoms with Crippen molar-refractivity contribution in [3.8, 4) is 0 Å². The molecule has 0 aromatic carbocycles. The molecule has 0 radical (unpaired) electrons. The molecule has 1 aromatic rings. The second-order valence-electron chi connectivity index (χ2n) is 4.31. The predicted molar refractivity (Wildman–Crippen MR) is 64.4 cm³/mol. The van der Waals surface area contributed by atoms with E-state index in [1.165, 1.54) is 18.4 Å². The molecule has 1 aromatic heterocycles. The third kappa shape index (κ3) is 2.85. The Morgan fingerprint density at radius 1 is 1.53 bits per heavy atom. The number of hydrogen-bond acceptors (Lipinski definition) is 2. The Morgan fingerprint density at radius 3 is 3.07 bits per heavy atom. The standard InChI is InChI=1S/C12H17ClN2/c1-9-5-6-14-12(7-9)15-8-10-3-2-4-11(10)13/h5-7,10-11H,2-4,8H2,1H3,(H,14,15). The van der Waals surface area contributed by atoms with Crippen LogP contribution in [0.5, 0.6) is 0 Å². The topological polar surface area (TPSA) is 24.9 Å². The van der Waals surface area contributed by atoms with E-state index >= 15 is 0 Å². The van der Waals surface area contributed by atoms with Gasteiger partial charge in [0.1, 0.15) is 5.82 Å². The summed E-state index contributed by atoms with van der Waals surface area (Å²) in [6.45, 7) is 3.03. The molecule has 0 saturated heterocycles. The van der Waals surface area contributed by atoms with Crippen LogP contribution in [0.25, 0.3) is 0 Å². The summed E-state index contributed by atoms with van der Waals surface area (Å²) in [5.74, 6) is 1.57. The van der Waals surface area contributed by atoms with Crippen molar-refractivity contribution in [3.05, 3.63) is 23.9 Å². The highest BCUT2D eigenvalue weighted by Gasteiger charge is 2.24. The maximum Gasteiger partial charge on any atom is 0.126 e. The van der Waals surface area contributed by atoms with Crippen molar-refractivity contribution in [1.29, 1.82) is 0 Å². The second-order valence-corrected chi connectivity index (χ2v) is 4.87. The van der Waals surface area contributed by atoms with E-state index in [1.807, 2.05) is 12.3 Å². The summed E-state index contributed by atoms with van der Waals surface area (Å²) in [4.78, 5) is 4.27. The number of aromatic nitrogens is 1. The number of nitrogens with zero attached hydrogens (tertiary/aromatic N) is 1. The molecular formula is C12H17ClN2. The molecule has 1 N–H and O–H groups in total. The summed E-state index contributed by atoms with van der Waals surface area (Å²) in [5.41, 5.74) is 1.24. The van der Waals surface area contributed by atoms with Gasteiger partial charge in [-0.3, -0.25) is 0 Å². The zero-order chi connectivity index (χ0) is 10.7. The van der Waals surface area contributed by atoms with Gasteiger partial charge in [-0.05, 0) is 43.4 Å². The quantitative estimate of drug-likeness (QED) is 0.798. The van der Waals surface area contributed by atoms with Crippen LogP contribution in [0.3, 0.4) is 0 Å². The average Bonchev–Trinajstić information content (AvgIpc) is 2.61. The molecule has 2 atom stereocenters. The maximum atomic E-state index is 6.22. The first-order valence-corrected chi connectivity index (χ1v) is 6.00. The van der Waals surface area contributed by atoms with Gasteiger partial charge in [-0.25, -0.2) is 4.98 Å². The molecule has 1 aliphatic rings. The molecule has 2 rings (SSSR count). The van der Waals surface area contributed by atoms with E-state index in [0.29, 0.717) is 11.3 Å². The van der Waals surface area contributed by atoms with Gasteiger partial charge in [-0.2, -0.15) is 0 Å². The Hall–Kier alpha value is -0.760. The zero-order valence-corrected chi connectivity index (χ0v) is 9.80. The van der Waals surface area contributed by atoms with Crippen LogP contribution in [-0.2, 0) is 0 Å². The number of nitrogens with one attached hydrogen (secondary N) is 1. The Labute approximate surface area is 96.1 Å². The number of aryl methyl sites for hydroxylation is 1. The minimum absolute atomic E-state index is 0.349. The van der Waals surface area contributed by atoms with Gasteiger partial charge >= 0.3 is 0 Å². The molecule has 15 heavy (non-hydrogen) atoms. The molecule has 1 aliphatic carbocycles. The Kier molecular flexibility index (Phi) is 3.47. The Bertz CT molecular complexity index is 327. The minimum Gasteiger partial charge on any atom is -0.370 e. The minimum atomic E-state index is 0.349. The van der Waals surface area contributed by atoms with Gasteiger partial charge in [0, 0.05) is 18.1 Å². The van der Waals surface area contributed by atoms with E-state index in [9.17, 15) is 0 Å². The molecular weight excluding hydrogens is 208 g/mol. The largest absolute Gasteiger partial charge is 0.370 e. The van der Waals surface area contributed by atoms with Gasteiger partial charge in [0.15, 0.2) is 0 Å². The summed E-state index contributed by atoms with van der Waals surface area (Å²) in [5, 5.41) is 3.71. The van der Waals surface area contributed by atoms with Crippen LogP contribution in [0, 0.1) is 12.8 Å². The number of hydrogen-bond donors (Lipinski definition) is 1. The molecule has 2 nitrogen and oxygen atoms in total. The van der Waals surface area contributed by atoms with Crippen molar-refractivity contribution in [3.63, 3.8) is 0 Å². The molecule has 1 heterocycles. The summed E-state index contributed by atoms with van der Waals surface area (Å²) >= 11 is 6.22. The summed E-state index contributed by atoms with van der Waals surface area (Å²) < 4.78 is 0.